The van der Waals surface area contributed by atoms with E-state index in [9.17, 15) is 0 Å². The molecule has 8 heavy (non-hydrogen) atoms. The molecule has 0 unspecified atom stereocenters. The van der Waals surface area contributed by atoms with E-state index in [0.717, 1.165) is 0 Å². The first-order valence-electron chi connectivity index (χ1n) is 2.63. The molecule has 1 atom stereocenters. The molecule has 0 aromatic heterocycles. The molecule has 0 aromatic carbocycles. The number of rotatable bonds is 3. The maximum absolute atomic E-state index is 8.77. The summed E-state index contributed by atoms with van der Waals surface area (Å²) in [7, 11) is 0. The molecule has 2 heteroatoms. The molecule has 0 heterocycles. The minimum atomic E-state index is -0.411. The molecule has 3 N–H and O–H groups in total. The van der Waals surface area contributed by atoms with E-state index in [1.165, 1.54) is 0 Å². The van der Waals surface area contributed by atoms with Gasteiger partial charge in [0.05, 0.1) is 6.10 Å². The maximum atomic E-state index is 8.77. The number of terminal acetylenes is 1. The van der Waals surface area contributed by atoms with Gasteiger partial charge in [0, 0.05) is 13.0 Å². The monoisotopic (exact) mass is 113 g/mol. The molecule has 0 fully saturated rings. The van der Waals surface area contributed by atoms with Gasteiger partial charge in [-0.1, -0.05) is 0 Å². The zero-order valence-corrected chi connectivity index (χ0v) is 4.80. The van der Waals surface area contributed by atoms with E-state index in [1.54, 1.807) is 0 Å². The van der Waals surface area contributed by atoms with Gasteiger partial charge in [0.15, 0.2) is 0 Å². The minimum Gasteiger partial charge on any atom is -0.392 e. The second kappa shape index (κ2) is 4.63. The van der Waals surface area contributed by atoms with Crippen LogP contribution in [0.3, 0.4) is 0 Å². The molecule has 0 spiro atoms. The van der Waals surface area contributed by atoms with Crippen LogP contribution in [0.15, 0.2) is 0 Å². The predicted octanol–water partition coefficient (Wildman–Crippen LogP) is -0.281. The fourth-order valence-electron chi connectivity index (χ4n) is 0.368. The zero-order chi connectivity index (χ0) is 6.41. The molecular weight excluding hydrogens is 102 g/mol. The Hall–Kier alpha value is -0.520. The highest BCUT2D eigenvalue weighted by atomic mass is 16.3. The number of nitrogens with two attached hydrogens (primary N) is 1. The molecule has 0 rings (SSSR count). The lowest BCUT2D eigenvalue weighted by Crippen LogP contribution is -2.18. The van der Waals surface area contributed by atoms with E-state index in [4.69, 9.17) is 17.3 Å². The average Bonchev–Trinajstić information content (AvgIpc) is 1.83. The smallest absolute Gasteiger partial charge is 0.0671 e. The lowest BCUT2D eigenvalue weighted by molar-refractivity contribution is 0.174. The maximum Gasteiger partial charge on any atom is 0.0671 e. The van der Waals surface area contributed by atoms with Crippen molar-refractivity contribution in [1.29, 1.82) is 0 Å². The van der Waals surface area contributed by atoms with Crippen LogP contribution in [-0.2, 0) is 0 Å². The third-order valence-corrected chi connectivity index (χ3v) is 0.894. The van der Waals surface area contributed by atoms with Gasteiger partial charge in [0.2, 0.25) is 0 Å². The molecule has 0 saturated heterocycles. The van der Waals surface area contributed by atoms with E-state index in [0.29, 0.717) is 19.4 Å². The summed E-state index contributed by atoms with van der Waals surface area (Å²) < 4.78 is 0. The van der Waals surface area contributed by atoms with Crippen LogP contribution in [0.5, 0.6) is 0 Å². The molecule has 0 aliphatic rings. The minimum absolute atomic E-state index is 0.307. The fourth-order valence-corrected chi connectivity index (χ4v) is 0.368. The van der Waals surface area contributed by atoms with E-state index < -0.39 is 6.10 Å². The van der Waals surface area contributed by atoms with Crippen molar-refractivity contribution in [2.24, 2.45) is 5.73 Å². The van der Waals surface area contributed by atoms with Crippen molar-refractivity contribution >= 4 is 0 Å². The summed E-state index contributed by atoms with van der Waals surface area (Å²) in [5.41, 5.74) is 5.09. The highest BCUT2D eigenvalue weighted by Gasteiger charge is 1.96. The molecule has 0 radical (unpaired) electrons. The zero-order valence-electron chi connectivity index (χ0n) is 4.80. The second-order valence-electron chi connectivity index (χ2n) is 1.63. The first kappa shape index (κ1) is 7.48. The van der Waals surface area contributed by atoms with Crippen LogP contribution in [0.4, 0.5) is 0 Å². The number of aliphatic hydroxyl groups excluding tert-OH is 1. The van der Waals surface area contributed by atoms with Crippen LogP contribution in [-0.4, -0.2) is 17.8 Å². The van der Waals surface area contributed by atoms with Gasteiger partial charge in [0.1, 0.15) is 0 Å². The van der Waals surface area contributed by atoms with Crippen molar-refractivity contribution in [1.82, 2.24) is 0 Å². The summed E-state index contributed by atoms with van der Waals surface area (Å²) >= 11 is 0. The second-order valence-corrected chi connectivity index (χ2v) is 1.63. The van der Waals surface area contributed by atoms with Crippen molar-refractivity contribution in [3.63, 3.8) is 0 Å². The van der Waals surface area contributed by atoms with Gasteiger partial charge in [-0.05, 0) is 6.42 Å². The van der Waals surface area contributed by atoms with Gasteiger partial charge >= 0.3 is 0 Å². The van der Waals surface area contributed by atoms with Crippen molar-refractivity contribution < 1.29 is 5.11 Å². The molecule has 2 nitrogen and oxygen atoms in total. The van der Waals surface area contributed by atoms with E-state index in [1.807, 2.05) is 0 Å². The SMILES string of the molecule is C#CCC[C@@H](O)CN. The van der Waals surface area contributed by atoms with Gasteiger partial charge in [-0.2, -0.15) is 0 Å². The first-order valence-corrected chi connectivity index (χ1v) is 2.63. The summed E-state index contributed by atoms with van der Waals surface area (Å²) in [6, 6.07) is 0. The quantitative estimate of drug-likeness (QED) is 0.494. The van der Waals surface area contributed by atoms with Crippen molar-refractivity contribution in [3.05, 3.63) is 0 Å². The van der Waals surface area contributed by atoms with Crippen molar-refractivity contribution in [3.8, 4) is 12.3 Å². The van der Waals surface area contributed by atoms with Crippen LogP contribution in [0.1, 0.15) is 12.8 Å². The number of hydrogen-bond donors (Lipinski definition) is 2. The summed E-state index contributed by atoms with van der Waals surface area (Å²) in [5.74, 6) is 2.42. The Morgan fingerprint density at radius 3 is 2.75 bits per heavy atom. The van der Waals surface area contributed by atoms with Crippen LogP contribution in [0, 0.1) is 12.3 Å². The molecule has 0 aromatic rings. The van der Waals surface area contributed by atoms with E-state index in [2.05, 4.69) is 5.92 Å². The van der Waals surface area contributed by atoms with Gasteiger partial charge in [0.25, 0.3) is 0 Å². The number of hydrogen-bond acceptors (Lipinski definition) is 2. The first-order chi connectivity index (χ1) is 3.81. The summed E-state index contributed by atoms with van der Waals surface area (Å²) in [5, 5.41) is 8.77. The average molecular weight is 113 g/mol. The molecule has 46 valence electrons. The summed E-state index contributed by atoms with van der Waals surface area (Å²) in [6.07, 6.45) is 5.75. The van der Waals surface area contributed by atoms with Gasteiger partial charge in [-0.15, -0.1) is 12.3 Å². The van der Waals surface area contributed by atoms with Crippen LogP contribution < -0.4 is 5.73 Å². The Bertz CT molecular complexity index is 85.0. The Morgan fingerprint density at radius 1 is 1.75 bits per heavy atom. The Kier molecular flexibility index (Phi) is 4.33. The standard InChI is InChI=1S/C6H11NO/c1-2-3-4-6(8)5-7/h1,6,8H,3-5,7H2/t6-/m1/s1. The Labute approximate surface area is 49.7 Å². The predicted molar refractivity (Wildman–Crippen MR) is 33.1 cm³/mol. The fraction of sp³-hybridized carbons (Fsp3) is 0.667. The Balaban J connectivity index is 3.01. The van der Waals surface area contributed by atoms with E-state index >= 15 is 0 Å². The van der Waals surface area contributed by atoms with Crippen LogP contribution >= 0.6 is 0 Å². The van der Waals surface area contributed by atoms with Gasteiger partial charge in [-0.3, -0.25) is 0 Å². The van der Waals surface area contributed by atoms with E-state index in [-0.39, 0.29) is 0 Å². The topological polar surface area (TPSA) is 46.2 Å². The molecule has 0 saturated carbocycles. The lowest BCUT2D eigenvalue weighted by Gasteiger charge is -2.01. The number of aliphatic hydroxyl groups is 1. The van der Waals surface area contributed by atoms with Crippen LogP contribution in [0.25, 0.3) is 0 Å². The highest BCUT2D eigenvalue weighted by molar-refractivity contribution is 4.84. The molecule has 0 bridgehead atoms. The molecular formula is C6H11NO. The molecule has 0 aliphatic heterocycles. The Morgan fingerprint density at radius 2 is 2.38 bits per heavy atom. The molecule has 0 amide bonds. The largest absolute Gasteiger partial charge is 0.392 e. The molecule has 0 aliphatic carbocycles. The normalized spacial score (nSPS) is 12.6. The summed E-state index contributed by atoms with van der Waals surface area (Å²) in [6.45, 7) is 0.307. The van der Waals surface area contributed by atoms with Crippen molar-refractivity contribution in [2.45, 2.75) is 18.9 Å². The third kappa shape index (κ3) is 3.66. The van der Waals surface area contributed by atoms with Gasteiger partial charge in [-0.25, -0.2) is 0 Å². The lowest BCUT2D eigenvalue weighted by atomic mass is 10.2. The van der Waals surface area contributed by atoms with Crippen molar-refractivity contribution in [2.75, 3.05) is 6.54 Å². The van der Waals surface area contributed by atoms with Gasteiger partial charge < -0.3 is 10.8 Å². The third-order valence-electron chi connectivity index (χ3n) is 0.894. The highest BCUT2D eigenvalue weighted by Crippen LogP contribution is 1.91. The van der Waals surface area contributed by atoms with Crippen LogP contribution in [0.2, 0.25) is 0 Å². The summed E-state index contributed by atoms with van der Waals surface area (Å²) in [4.78, 5) is 0.